The smallest absolute Gasteiger partial charge is 0.410 e. The van der Waals surface area contributed by atoms with Gasteiger partial charge in [0.15, 0.2) is 0 Å². The van der Waals surface area contributed by atoms with Crippen LogP contribution in [-0.4, -0.2) is 54.2 Å². The Bertz CT molecular complexity index is 920. The van der Waals surface area contributed by atoms with Crippen molar-refractivity contribution < 1.29 is 19.1 Å². The molecule has 1 aromatic carbocycles. The second-order valence-electron chi connectivity index (χ2n) is 8.53. The van der Waals surface area contributed by atoms with Crippen molar-refractivity contribution in [2.45, 2.75) is 51.2 Å². The highest BCUT2D eigenvalue weighted by Gasteiger charge is 2.29. The molecular weight excluding hydrogens is 406 g/mol. The van der Waals surface area contributed by atoms with Crippen LogP contribution in [0.25, 0.3) is 0 Å². The van der Waals surface area contributed by atoms with E-state index in [2.05, 4.69) is 5.32 Å². The molecule has 4 rings (SSSR count). The molecule has 7 nitrogen and oxygen atoms in total. The molecule has 2 saturated heterocycles. The lowest BCUT2D eigenvalue weighted by Gasteiger charge is -2.31. The molecule has 32 heavy (non-hydrogen) atoms. The quantitative estimate of drug-likeness (QED) is 0.743. The number of aromatic nitrogens is 1. The number of carbonyl (C=O) groups is 2. The van der Waals surface area contributed by atoms with Crippen molar-refractivity contribution in [3.8, 4) is 0 Å². The number of pyridine rings is 1. The second kappa shape index (κ2) is 10.6. The summed E-state index contributed by atoms with van der Waals surface area (Å²) in [5, 5.41) is 3.01. The summed E-state index contributed by atoms with van der Waals surface area (Å²) in [6.07, 6.45) is 3.35. The molecule has 0 spiro atoms. The van der Waals surface area contributed by atoms with Gasteiger partial charge in [0.1, 0.15) is 6.61 Å². The fourth-order valence-corrected chi connectivity index (χ4v) is 4.33. The van der Waals surface area contributed by atoms with Crippen molar-refractivity contribution in [3.05, 3.63) is 65.0 Å². The maximum absolute atomic E-state index is 12.9. The van der Waals surface area contributed by atoms with E-state index in [9.17, 15) is 9.59 Å². The van der Waals surface area contributed by atoms with Crippen molar-refractivity contribution in [1.82, 2.24) is 15.2 Å². The van der Waals surface area contributed by atoms with Gasteiger partial charge in [0.25, 0.3) is 5.91 Å². The van der Waals surface area contributed by atoms with Crippen molar-refractivity contribution in [1.29, 1.82) is 0 Å². The Morgan fingerprint density at radius 2 is 1.91 bits per heavy atom. The predicted molar refractivity (Wildman–Crippen MR) is 120 cm³/mol. The molecule has 2 aliphatic rings. The minimum Gasteiger partial charge on any atom is -0.445 e. The molecule has 0 aliphatic carbocycles. The zero-order valence-corrected chi connectivity index (χ0v) is 18.6. The first-order valence-electron chi connectivity index (χ1n) is 11.4. The molecule has 3 heterocycles. The molecule has 0 bridgehead atoms. The average molecular weight is 438 g/mol. The van der Waals surface area contributed by atoms with Gasteiger partial charge in [0.2, 0.25) is 0 Å². The Morgan fingerprint density at radius 3 is 2.62 bits per heavy atom. The first-order valence-corrected chi connectivity index (χ1v) is 11.4. The van der Waals surface area contributed by atoms with Gasteiger partial charge < -0.3 is 19.7 Å². The van der Waals surface area contributed by atoms with E-state index in [1.54, 1.807) is 4.90 Å². The SMILES string of the molecule is Cc1ccc(C(=O)NCC2CCCO2)c(C2CCN(C(=O)OCc3ccccc3)CC2)n1. The standard InChI is InChI=1S/C25H31N3O4/c1-18-9-10-22(24(29)26-16-21-8-5-15-31-21)23(27-18)20-11-13-28(14-12-20)25(30)32-17-19-6-3-2-4-7-19/h2-4,6-7,9-10,20-21H,5,8,11-17H2,1H3,(H,26,29). The zero-order valence-electron chi connectivity index (χ0n) is 18.6. The molecule has 1 N–H and O–H groups in total. The van der Waals surface area contributed by atoms with Crippen LogP contribution >= 0.6 is 0 Å². The Hall–Kier alpha value is -2.93. The molecule has 170 valence electrons. The summed E-state index contributed by atoms with van der Waals surface area (Å²) in [4.78, 5) is 31.8. The molecule has 1 unspecified atom stereocenters. The van der Waals surface area contributed by atoms with E-state index in [1.807, 2.05) is 49.4 Å². The van der Waals surface area contributed by atoms with Gasteiger partial charge in [-0.3, -0.25) is 9.78 Å². The third-order valence-electron chi connectivity index (χ3n) is 6.17. The lowest BCUT2D eigenvalue weighted by Crippen LogP contribution is -2.39. The van der Waals surface area contributed by atoms with Crippen LogP contribution in [0, 0.1) is 6.92 Å². The van der Waals surface area contributed by atoms with E-state index in [0.29, 0.717) is 25.2 Å². The van der Waals surface area contributed by atoms with Crippen molar-refractivity contribution in [2.24, 2.45) is 0 Å². The summed E-state index contributed by atoms with van der Waals surface area (Å²) in [6.45, 7) is 4.68. The van der Waals surface area contributed by atoms with Crippen LogP contribution < -0.4 is 5.32 Å². The predicted octanol–water partition coefficient (Wildman–Crippen LogP) is 3.82. The molecule has 2 amide bonds. The van der Waals surface area contributed by atoms with Crippen LogP contribution in [0.4, 0.5) is 4.79 Å². The number of ether oxygens (including phenoxy) is 2. The van der Waals surface area contributed by atoms with Crippen molar-refractivity contribution in [3.63, 3.8) is 0 Å². The summed E-state index contributed by atoms with van der Waals surface area (Å²) < 4.78 is 11.1. The minimum absolute atomic E-state index is 0.103. The maximum atomic E-state index is 12.9. The number of piperidine rings is 1. The Balaban J connectivity index is 1.33. The average Bonchev–Trinajstić information content (AvgIpc) is 3.35. The molecule has 2 fully saturated rings. The number of likely N-dealkylation sites (tertiary alicyclic amines) is 1. The fraction of sp³-hybridized carbons (Fsp3) is 0.480. The van der Waals surface area contributed by atoms with Crippen LogP contribution in [0.2, 0.25) is 0 Å². The van der Waals surface area contributed by atoms with Gasteiger partial charge in [-0.15, -0.1) is 0 Å². The highest BCUT2D eigenvalue weighted by Crippen LogP contribution is 2.30. The molecule has 7 heteroatoms. The lowest BCUT2D eigenvalue weighted by molar-refractivity contribution is 0.0840. The third-order valence-corrected chi connectivity index (χ3v) is 6.17. The van der Waals surface area contributed by atoms with E-state index in [-0.39, 0.29) is 30.6 Å². The van der Waals surface area contributed by atoms with Crippen LogP contribution in [0.5, 0.6) is 0 Å². The fourth-order valence-electron chi connectivity index (χ4n) is 4.33. The van der Waals surface area contributed by atoms with Crippen LogP contribution in [0.3, 0.4) is 0 Å². The number of aryl methyl sites for hydroxylation is 1. The van der Waals surface area contributed by atoms with Gasteiger partial charge in [-0.05, 0) is 50.3 Å². The summed E-state index contributed by atoms with van der Waals surface area (Å²) in [7, 11) is 0. The van der Waals surface area contributed by atoms with Crippen molar-refractivity contribution in [2.75, 3.05) is 26.2 Å². The van der Waals surface area contributed by atoms with Gasteiger partial charge in [0, 0.05) is 37.9 Å². The number of hydrogen-bond donors (Lipinski definition) is 1. The van der Waals surface area contributed by atoms with E-state index in [1.165, 1.54) is 0 Å². The normalized spacial score (nSPS) is 19.0. The zero-order chi connectivity index (χ0) is 22.3. The summed E-state index contributed by atoms with van der Waals surface area (Å²) in [5.41, 5.74) is 3.31. The number of benzene rings is 1. The van der Waals surface area contributed by atoms with Gasteiger partial charge in [0.05, 0.1) is 17.4 Å². The molecule has 2 aromatic rings. The molecule has 1 atom stereocenters. The summed E-state index contributed by atoms with van der Waals surface area (Å²) in [5.74, 6) is 0.0317. The Kier molecular flexibility index (Phi) is 7.37. The van der Waals surface area contributed by atoms with Gasteiger partial charge in [-0.1, -0.05) is 30.3 Å². The highest BCUT2D eigenvalue weighted by molar-refractivity contribution is 5.95. The van der Waals surface area contributed by atoms with Crippen LogP contribution in [-0.2, 0) is 16.1 Å². The first-order chi connectivity index (χ1) is 15.6. The molecule has 2 aliphatic heterocycles. The van der Waals surface area contributed by atoms with Crippen LogP contribution in [0.1, 0.15) is 58.9 Å². The molecule has 0 saturated carbocycles. The number of amides is 2. The largest absolute Gasteiger partial charge is 0.445 e. The number of nitrogens with zero attached hydrogens (tertiary/aromatic N) is 2. The van der Waals surface area contributed by atoms with Crippen LogP contribution in [0.15, 0.2) is 42.5 Å². The van der Waals surface area contributed by atoms with Gasteiger partial charge >= 0.3 is 6.09 Å². The highest BCUT2D eigenvalue weighted by atomic mass is 16.6. The van der Waals surface area contributed by atoms with E-state index >= 15 is 0 Å². The molecule has 0 radical (unpaired) electrons. The third kappa shape index (κ3) is 5.65. The number of hydrogen-bond acceptors (Lipinski definition) is 5. The molecule has 1 aromatic heterocycles. The number of carbonyl (C=O) groups excluding carboxylic acids is 2. The Labute approximate surface area is 189 Å². The first kappa shape index (κ1) is 22.3. The van der Waals surface area contributed by atoms with Crippen molar-refractivity contribution >= 4 is 12.0 Å². The minimum atomic E-state index is -0.293. The summed E-state index contributed by atoms with van der Waals surface area (Å²) >= 11 is 0. The van der Waals surface area contributed by atoms with E-state index < -0.39 is 0 Å². The monoisotopic (exact) mass is 437 g/mol. The topological polar surface area (TPSA) is 80.8 Å². The second-order valence-corrected chi connectivity index (χ2v) is 8.53. The van der Waals surface area contributed by atoms with Gasteiger partial charge in [-0.2, -0.15) is 0 Å². The van der Waals surface area contributed by atoms with E-state index in [0.717, 1.165) is 49.2 Å². The van der Waals surface area contributed by atoms with E-state index in [4.69, 9.17) is 14.5 Å². The number of nitrogens with one attached hydrogen (secondary N) is 1. The Morgan fingerprint density at radius 1 is 1.12 bits per heavy atom. The lowest BCUT2D eigenvalue weighted by atomic mass is 9.90. The van der Waals surface area contributed by atoms with Gasteiger partial charge in [-0.25, -0.2) is 4.79 Å². The summed E-state index contributed by atoms with van der Waals surface area (Å²) in [6, 6.07) is 13.4. The maximum Gasteiger partial charge on any atom is 0.410 e. The molecular formula is C25H31N3O4. The number of rotatable bonds is 6.